The maximum absolute atomic E-state index is 11.2. The van der Waals surface area contributed by atoms with Gasteiger partial charge >= 0.3 is 5.97 Å². The van der Waals surface area contributed by atoms with Crippen LogP contribution in [0.15, 0.2) is 45.5 Å². The van der Waals surface area contributed by atoms with E-state index in [1.165, 1.54) is 7.11 Å². The van der Waals surface area contributed by atoms with Gasteiger partial charge in [0.15, 0.2) is 0 Å². The minimum absolute atomic E-state index is 0.172. The van der Waals surface area contributed by atoms with Gasteiger partial charge < -0.3 is 4.74 Å². The number of nitrogens with zero attached hydrogens (tertiary/aromatic N) is 2. The number of carbonyl (C=O) groups excluding carboxylic acids is 1. The van der Waals surface area contributed by atoms with E-state index >= 15 is 0 Å². The second kappa shape index (κ2) is 8.09. The van der Waals surface area contributed by atoms with E-state index < -0.39 is 0 Å². The fourth-order valence-electron chi connectivity index (χ4n) is 2.29. The van der Waals surface area contributed by atoms with Crippen molar-refractivity contribution in [3.05, 3.63) is 40.4 Å². The van der Waals surface area contributed by atoms with Crippen molar-refractivity contribution in [3.8, 4) is 11.1 Å². The predicted octanol–water partition coefficient (Wildman–Crippen LogP) is 5.17. The van der Waals surface area contributed by atoms with Crippen molar-refractivity contribution in [2.24, 2.45) is 0 Å². The van der Waals surface area contributed by atoms with Gasteiger partial charge in [0, 0.05) is 27.6 Å². The van der Waals surface area contributed by atoms with Crippen LogP contribution >= 0.6 is 39.0 Å². The van der Waals surface area contributed by atoms with E-state index in [2.05, 4.69) is 48.1 Å². The molecule has 3 rings (SSSR count). The molecule has 0 aliphatic heterocycles. The topological polar surface area (TPSA) is 52.1 Å². The standard InChI is InChI=1S/C17H15BrN2O2S2/c1-22-14(21)3-2-8-23-16-15-13(9-24-17(15)20-10-19-16)11-4-6-12(18)7-5-11/h4-7,9-10H,2-3,8H2,1H3. The Hall–Kier alpha value is -1.44. The summed E-state index contributed by atoms with van der Waals surface area (Å²) in [7, 11) is 1.42. The lowest BCUT2D eigenvalue weighted by atomic mass is 10.1. The molecule has 0 amide bonds. The van der Waals surface area contributed by atoms with E-state index in [9.17, 15) is 4.79 Å². The van der Waals surface area contributed by atoms with Crippen molar-refractivity contribution in [2.75, 3.05) is 12.9 Å². The molecule has 0 bridgehead atoms. The first-order chi connectivity index (χ1) is 11.7. The van der Waals surface area contributed by atoms with Crippen LogP contribution in [0.4, 0.5) is 0 Å². The Balaban J connectivity index is 1.84. The molecule has 2 aromatic heterocycles. The molecule has 0 aliphatic rings. The average Bonchev–Trinajstić information content (AvgIpc) is 3.04. The van der Waals surface area contributed by atoms with Gasteiger partial charge in [-0.2, -0.15) is 0 Å². The molecule has 124 valence electrons. The smallest absolute Gasteiger partial charge is 0.305 e. The fraction of sp³-hybridized carbons (Fsp3) is 0.235. The third-order valence-corrected chi connectivity index (χ3v) is 5.97. The second-order valence-electron chi connectivity index (χ2n) is 5.04. The first kappa shape index (κ1) is 17.4. The lowest BCUT2D eigenvalue weighted by molar-refractivity contribution is -0.140. The molecule has 24 heavy (non-hydrogen) atoms. The maximum Gasteiger partial charge on any atom is 0.305 e. The number of carbonyl (C=O) groups is 1. The van der Waals surface area contributed by atoms with Crippen LogP contribution in [0.1, 0.15) is 12.8 Å². The monoisotopic (exact) mass is 422 g/mol. The molecule has 0 spiro atoms. The first-order valence-electron chi connectivity index (χ1n) is 7.37. The van der Waals surface area contributed by atoms with E-state index in [1.54, 1.807) is 29.4 Å². The van der Waals surface area contributed by atoms with Crippen LogP contribution in [0, 0.1) is 0 Å². The number of aromatic nitrogens is 2. The third kappa shape index (κ3) is 3.96. The molecule has 0 atom stereocenters. The van der Waals surface area contributed by atoms with E-state index in [1.807, 2.05) is 12.1 Å². The van der Waals surface area contributed by atoms with Crippen molar-refractivity contribution in [1.29, 1.82) is 0 Å². The number of esters is 1. The van der Waals surface area contributed by atoms with Gasteiger partial charge in [-0.3, -0.25) is 4.79 Å². The molecule has 0 saturated heterocycles. The molecule has 2 heterocycles. The summed E-state index contributed by atoms with van der Waals surface area (Å²) < 4.78 is 5.73. The van der Waals surface area contributed by atoms with Gasteiger partial charge in [0.1, 0.15) is 16.2 Å². The third-order valence-electron chi connectivity index (χ3n) is 3.48. The molecule has 0 aliphatic carbocycles. The van der Waals surface area contributed by atoms with E-state index in [-0.39, 0.29) is 5.97 Å². The van der Waals surface area contributed by atoms with E-state index in [0.717, 1.165) is 43.0 Å². The lowest BCUT2D eigenvalue weighted by Gasteiger charge is -2.05. The van der Waals surface area contributed by atoms with Gasteiger partial charge in [-0.05, 0) is 24.1 Å². The zero-order valence-electron chi connectivity index (χ0n) is 13.0. The maximum atomic E-state index is 11.2. The molecule has 0 N–H and O–H groups in total. The largest absolute Gasteiger partial charge is 0.469 e. The SMILES string of the molecule is COC(=O)CCCSc1ncnc2scc(-c3ccc(Br)cc3)c12. The molecular formula is C17H15BrN2O2S2. The van der Waals surface area contributed by atoms with Gasteiger partial charge in [-0.25, -0.2) is 9.97 Å². The van der Waals surface area contributed by atoms with Gasteiger partial charge in [0.2, 0.25) is 0 Å². The number of ether oxygens (including phenoxy) is 1. The molecular weight excluding hydrogens is 408 g/mol. The molecule has 0 fully saturated rings. The number of thioether (sulfide) groups is 1. The number of methoxy groups -OCH3 is 1. The summed E-state index contributed by atoms with van der Waals surface area (Å²) in [4.78, 5) is 21.0. The molecule has 7 heteroatoms. The minimum Gasteiger partial charge on any atom is -0.469 e. The zero-order valence-corrected chi connectivity index (χ0v) is 16.2. The van der Waals surface area contributed by atoms with Crippen molar-refractivity contribution >= 4 is 55.2 Å². The molecule has 0 radical (unpaired) electrons. The van der Waals surface area contributed by atoms with Gasteiger partial charge in [0.05, 0.1) is 12.5 Å². The lowest BCUT2D eigenvalue weighted by Crippen LogP contribution is -2.00. The highest BCUT2D eigenvalue weighted by Gasteiger charge is 2.13. The number of fused-ring (bicyclic) bond motifs is 1. The highest BCUT2D eigenvalue weighted by atomic mass is 79.9. The van der Waals surface area contributed by atoms with Crippen LogP contribution in [0.5, 0.6) is 0 Å². The minimum atomic E-state index is -0.172. The van der Waals surface area contributed by atoms with E-state index in [4.69, 9.17) is 0 Å². The number of hydrogen-bond acceptors (Lipinski definition) is 6. The predicted molar refractivity (Wildman–Crippen MR) is 103 cm³/mol. The van der Waals surface area contributed by atoms with Crippen LogP contribution in [-0.2, 0) is 9.53 Å². The Morgan fingerprint density at radius 2 is 2.08 bits per heavy atom. The quantitative estimate of drug-likeness (QED) is 0.237. The summed E-state index contributed by atoms with van der Waals surface area (Å²) in [6.45, 7) is 0. The highest BCUT2D eigenvalue weighted by molar-refractivity contribution is 9.10. The fourth-order valence-corrected chi connectivity index (χ4v) is 4.49. The zero-order chi connectivity index (χ0) is 16.9. The Morgan fingerprint density at radius 1 is 1.29 bits per heavy atom. The summed E-state index contributed by atoms with van der Waals surface area (Å²) in [5.41, 5.74) is 2.30. The first-order valence-corrected chi connectivity index (χ1v) is 10.0. The van der Waals surface area contributed by atoms with Crippen LogP contribution in [0.25, 0.3) is 21.3 Å². The van der Waals surface area contributed by atoms with Crippen LogP contribution < -0.4 is 0 Å². The molecule has 0 saturated carbocycles. The van der Waals surface area contributed by atoms with Gasteiger partial charge in [-0.15, -0.1) is 23.1 Å². The molecule has 0 unspecified atom stereocenters. The van der Waals surface area contributed by atoms with E-state index in [0.29, 0.717) is 6.42 Å². The Kier molecular flexibility index (Phi) is 5.86. The number of halogens is 1. The molecule has 4 nitrogen and oxygen atoms in total. The summed E-state index contributed by atoms with van der Waals surface area (Å²) in [6, 6.07) is 8.24. The summed E-state index contributed by atoms with van der Waals surface area (Å²) in [5.74, 6) is 0.645. The Labute approximate surface area is 156 Å². The second-order valence-corrected chi connectivity index (χ2v) is 7.90. The average molecular weight is 423 g/mol. The van der Waals surface area contributed by atoms with Crippen LogP contribution in [0.3, 0.4) is 0 Å². The summed E-state index contributed by atoms with van der Waals surface area (Å²) >= 11 is 6.75. The summed E-state index contributed by atoms with van der Waals surface area (Å²) in [6.07, 6.45) is 2.80. The van der Waals surface area contributed by atoms with Crippen LogP contribution in [0.2, 0.25) is 0 Å². The summed E-state index contributed by atoms with van der Waals surface area (Å²) in [5, 5.41) is 4.18. The van der Waals surface area contributed by atoms with Gasteiger partial charge in [0.25, 0.3) is 0 Å². The number of thiophene rings is 1. The Bertz CT molecular complexity index is 849. The normalized spacial score (nSPS) is 10.9. The molecule has 1 aromatic carbocycles. The van der Waals surface area contributed by atoms with Crippen LogP contribution in [-0.4, -0.2) is 28.8 Å². The number of hydrogen-bond donors (Lipinski definition) is 0. The van der Waals surface area contributed by atoms with Crippen molar-refractivity contribution in [2.45, 2.75) is 17.9 Å². The van der Waals surface area contributed by atoms with Crippen molar-refractivity contribution in [1.82, 2.24) is 9.97 Å². The van der Waals surface area contributed by atoms with Crippen molar-refractivity contribution < 1.29 is 9.53 Å². The number of rotatable bonds is 6. The number of benzene rings is 1. The van der Waals surface area contributed by atoms with Gasteiger partial charge in [-0.1, -0.05) is 28.1 Å². The molecule has 3 aromatic rings. The van der Waals surface area contributed by atoms with Crippen molar-refractivity contribution in [3.63, 3.8) is 0 Å². The highest BCUT2D eigenvalue weighted by Crippen LogP contribution is 2.38. The Morgan fingerprint density at radius 3 is 2.83 bits per heavy atom.